The molecule has 2 aromatic rings. The first kappa shape index (κ1) is 21.8. The predicted octanol–water partition coefficient (Wildman–Crippen LogP) is 2.00. The van der Waals surface area contributed by atoms with Gasteiger partial charge >= 0.3 is 11.9 Å². The molecule has 29 heavy (non-hydrogen) atoms. The van der Waals surface area contributed by atoms with E-state index in [1.165, 1.54) is 45.6 Å². The number of carbonyl (C=O) groups is 2. The highest BCUT2D eigenvalue weighted by molar-refractivity contribution is 7.92. The first-order chi connectivity index (χ1) is 13.7. The Labute approximate surface area is 167 Å². The number of anilines is 1. The average Bonchev–Trinajstić information content (AvgIpc) is 2.71. The number of carboxylic acid groups (broad SMARTS) is 1. The molecule has 0 spiro atoms. The Balaban J connectivity index is 2.64. The normalized spacial score (nSPS) is 10.8. The number of benzene rings is 2. The minimum atomic E-state index is -4.36. The number of hydrogen-bond acceptors (Lipinski definition) is 8. The molecule has 0 saturated heterocycles. The molecule has 156 valence electrons. The average molecular weight is 425 g/mol. The predicted molar refractivity (Wildman–Crippen MR) is 102 cm³/mol. The maximum Gasteiger partial charge on any atom is 0.340 e. The molecule has 0 heterocycles. The van der Waals surface area contributed by atoms with Crippen molar-refractivity contribution in [2.45, 2.75) is 4.90 Å². The van der Waals surface area contributed by atoms with Gasteiger partial charge in [-0.3, -0.25) is 4.72 Å². The third-order valence-electron chi connectivity index (χ3n) is 3.87. The van der Waals surface area contributed by atoms with Crippen LogP contribution in [0.1, 0.15) is 20.7 Å². The van der Waals surface area contributed by atoms with Crippen LogP contribution < -0.4 is 18.9 Å². The molecule has 0 amide bonds. The zero-order chi connectivity index (χ0) is 21.8. The summed E-state index contributed by atoms with van der Waals surface area (Å²) in [6.45, 7) is 0. The van der Waals surface area contributed by atoms with Crippen LogP contribution in [0.2, 0.25) is 0 Å². The Kier molecular flexibility index (Phi) is 6.54. The highest BCUT2D eigenvalue weighted by atomic mass is 32.2. The van der Waals surface area contributed by atoms with E-state index in [9.17, 15) is 18.0 Å². The second-order valence-electron chi connectivity index (χ2n) is 5.52. The van der Waals surface area contributed by atoms with Gasteiger partial charge in [-0.25, -0.2) is 18.0 Å². The summed E-state index contributed by atoms with van der Waals surface area (Å²) in [6, 6.07) is 5.87. The van der Waals surface area contributed by atoms with Crippen LogP contribution in [-0.2, 0) is 14.8 Å². The number of sulfonamides is 1. The van der Waals surface area contributed by atoms with Crippen molar-refractivity contribution in [2.75, 3.05) is 33.2 Å². The molecule has 2 aromatic carbocycles. The number of nitrogens with one attached hydrogen (secondary N) is 1. The van der Waals surface area contributed by atoms with Crippen LogP contribution in [0.15, 0.2) is 35.2 Å². The van der Waals surface area contributed by atoms with Crippen LogP contribution in [-0.4, -0.2) is 53.9 Å². The minimum Gasteiger partial charge on any atom is -0.495 e. The molecular weight excluding hydrogens is 406 g/mol. The largest absolute Gasteiger partial charge is 0.495 e. The molecule has 0 aliphatic heterocycles. The summed E-state index contributed by atoms with van der Waals surface area (Å²) >= 11 is 0. The summed E-state index contributed by atoms with van der Waals surface area (Å²) in [6.07, 6.45) is 0. The highest BCUT2D eigenvalue weighted by Crippen LogP contribution is 2.35. The van der Waals surface area contributed by atoms with Crippen molar-refractivity contribution in [3.8, 4) is 17.2 Å². The van der Waals surface area contributed by atoms with E-state index in [-0.39, 0.29) is 34.1 Å². The van der Waals surface area contributed by atoms with Gasteiger partial charge in [-0.2, -0.15) is 0 Å². The lowest BCUT2D eigenvalue weighted by Gasteiger charge is -2.16. The van der Waals surface area contributed by atoms with Crippen molar-refractivity contribution in [1.29, 1.82) is 0 Å². The zero-order valence-corrected chi connectivity index (χ0v) is 16.8. The van der Waals surface area contributed by atoms with E-state index in [2.05, 4.69) is 4.72 Å². The smallest absolute Gasteiger partial charge is 0.340 e. The van der Waals surface area contributed by atoms with Crippen molar-refractivity contribution in [3.63, 3.8) is 0 Å². The fraction of sp³-hybridized carbons (Fsp3) is 0.222. The van der Waals surface area contributed by atoms with E-state index in [4.69, 9.17) is 24.1 Å². The summed E-state index contributed by atoms with van der Waals surface area (Å²) in [4.78, 5) is 22.9. The summed E-state index contributed by atoms with van der Waals surface area (Å²) < 4.78 is 48.2. The van der Waals surface area contributed by atoms with Gasteiger partial charge in [0.15, 0.2) is 11.5 Å². The maximum atomic E-state index is 13.0. The van der Waals surface area contributed by atoms with Gasteiger partial charge in [-0.1, -0.05) is 0 Å². The lowest BCUT2D eigenvalue weighted by atomic mass is 10.1. The number of carbonyl (C=O) groups excluding carboxylic acids is 1. The van der Waals surface area contributed by atoms with Gasteiger partial charge in [-0.15, -0.1) is 0 Å². The number of carboxylic acids is 1. The molecule has 2 N–H and O–H groups in total. The third kappa shape index (κ3) is 4.51. The SMILES string of the molecule is COC(=O)c1cc(OC)c(OC)cc1NS(=O)(=O)c1cc(C(=O)O)ccc1OC. The topological polar surface area (TPSA) is 137 Å². The molecule has 0 fully saturated rings. The molecule has 0 aliphatic carbocycles. The summed E-state index contributed by atoms with van der Waals surface area (Å²) in [5, 5.41) is 9.16. The van der Waals surface area contributed by atoms with Crippen molar-refractivity contribution >= 4 is 27.6 Å². The molecule has 0 atom stereocenters. The molecule has 0 aliphatic rings. The van der Waals surface area contributed by atoms with Gasteiger partial charge in [0.25, 0.3) is 10.0 Å². The van der Waals surface area contributed by atoms with Crippen molar-refractivity contribution in [1.82, 2.24) is 0 Å². The van der Waals surface area contributed by atoms with E-state index in [0.29, 0.717) is 0 Å². The van der Waals surface area contributed by atoms with Crippen LogP contribution >= 0.6 is 0 Å². The zero-order valence-electron chi connectivity index (χ0n) is 16.0. The Hall–Kier alpha value is -3.47. The molecule has 0 aromatic heterocycles. The molecule has 0 unspecified atom stereocenters. The lowest BCUT2D eigenvalue weighted by Crippen LogP contribution is -2.18. The summed E-state index contributed by atoms with van der Waals surface area (Å²) in [5.41, 5.74) is -0.550. The number of esters is 1. The van der Waals surface area contributed by atoms with Gasteiger partial charge in [0, 0.05) is 12.1 Å². The fourth-order valence-electron chi connectivity index (χ4n) is 2.46. The summed E-state index contributed by atoms with van der Waals surface area (Å²) in [7, 11) is 0.706. The van der Waals surface area contributed by atoms with E-state index < -0.39 is 26.9 Å². The molecule has 0 radical (unpaired) electrons. The summed E-state index contributed by atoms with van der Waals surface area (Å²) in [5.74, 6) is -1.88. The van der Waals surface area contributed by atoms with Crippen LogP contribution in [0.4, 0.5) is 5.69 Å². The van der Waals surface area contributed by atoms with Crippen LogP contribution in [0, 0.1) is 0 Å². The molecule has 0 saturated carbocycles. The van der Waals surface area contributed by atoms with Crippen LogP contribution in [0.25, 0.3) is 0 Å². The highest BCUT2D eigenvalue weighted by Gasteiger charge is 2.26. The maximum absolute atomic E-state index is 13.0. The molecule has 0 bridgehead atoms. The minimum absolute atomic E-state index is 0.0809. The Morgan fingerprint density at radius 1 is 0.897 bits per heavy atom. The number of hydrogen-bond donors (Lipinski definition) is 2. The van der Waals surface area contributed by atoms with Crippen molar-refractivity contribution < 1.29 is 42.1 Å². The Bertz CT molecular complexity index is 1050. The van der Waals surface area contributed by atoms with Gasteiger partial charge < -0.3 is 24.1 Å². The first-order valence-electron chi connectivity index (χ1n) is 7.97. The number of ether oxygens (including phenoxy) is 4. The van der Waals surface area contributed by atoms with E-state index in [0.717, 1.165) is 13.2 Å². The van der Waals surface area contributed by atoms with Gasteiger partial charge in [0.2, 0.25) is 0 Å². The van der Waals surface area contributed by atoms with E-state index in [1.54, 1.807) is 0 Å². The fourth-order valence-corrected chi connectivity index (χ4v) is 3.73. The molecular formula is C18H19NO9S. The second-order valence-corrected chi connectivity index (χ2v) is 7.17. The van der Waals surface area contributed by atoms with E-state index >= 15 is 0 Å². The standard InChI is InChI=1S/C18H19NO9S/c1-25-13-6-5-10(17(20)21)7-16(13)29(23,24)19-12-9-15(27-3)14(26-2)8-11(12)18(22)28-4/h5-9,19H,1-4H3,(H,20,21). The van der Waals surface area contributed by atoms with Gasteiger partial charge in [-0.05, 0) is 18.2 Å². The quantitative estimate of drug-likeness (QED) is 0.608. The van der Waals surface area contributed by atoms with Crippen molar-refractivity contribution in [2.24, 2.45) is 0 Å². The lowest BCUT2D eigenvalue weighted by molar-refractivity contribution is 0.0600. The number of rotatable bonds is 8. The molecule has 2 rings (SSSR count). The van der Waals surface area contributed by atoms with Crippen LogP contribution in [0.5, 0.6) is 17.2 Å². The number of methoxy groups -OCH3 is 4. The van der Waals surface area contributed by atoms with Crippen molar-refractivity contribution in [3.05, 3.63) is 41.5 Å². The molecule has 11 heteroatoms. The van der Waals surface area contributed by atoms with Crippen LogP contribution in [0.3, 0.4) is 0 Å². The second kappa shape index (κ2) is 8.69. The Morgan fingerprint density at radius 3 is 2.00 bits per heavy atom. The molecule has 10 nitrogen and oxygen atoms in total. The van der Waals surface area contributed by atoms with Gasteiger partial charge in [0.05, 0.1) is 45.3 Å². The first-order valence-corrected chi connectivity index (χ1v) is 9.45. The Morgan fingerprint density at radius 2 is 1.48 bits per heavy atom. The van der Waals surface area contributed by atoms with Gasteiger partial charge in [0.1, 0.15) is 10.6 Å². The monoisotopic (exact) mass is 425 g/mol. The number of aromatic carboxylic acids is 1. The van der Waals surface area contributed by atoms with E-state index in [1.807, 2.05) is 0 Å². The third-order valence-corrected chi connectivity index (χ3v) is 5.26.